The number of amides is 1. The molecule has 4 nitrogen and oxygen atoms in total. The predicted molar refractivity (Wildman–Crippen MR) is 68.6 cm³/mol. The summed E-state index contributed by atoms with van der Waals surface area (Å²) in [6.45, 7) is 8.66. The normalized spacial score (nSPS) is 23.4. The van der Waals surface area contributed by atoms with Crippen LogP contribution in [0.4, 0.5) is 0 Å². The summed E-state index contributed by atoms with van der Waals surface area (Å²) in [4.78, 5) is 12.2. The third-order valence-electron chi connectivity index (χ3n) is 3.30. The van der Waals surface area contributed by atoms with Gasteiger partial charge in [-0.2, -0.15) is 0 Å². The third-order valence-corrected chi connectivity index (χ3v) is 3.30. The van der Waals surface area contributed by atoms with E-state index in [1.54, 1.807) is 0 Å². The molecule has 1 saturated heterocycles. The highest BCUT2D eigenvalue weighted by Crippen LogP contribution is 2.31. The molecule has 1 amide bonds. The smallest absolute Gasteiger partial charge is 0.227 e. The average molecular weight is 240 g/mol. The van der Waals surface area contributed by atoms with Crippen molar-refractivity contribution < 1.29 is 9.53 Å². The van der Waals surface area contributed by atoms with E-state index in [1.165, 1.54) is 6.26 Å². The van der Waals surface area contributed by atoms with Crippen LogP contribution >= 0.6 is 0 Å². The van der Waals surface area contributed by atoms with Crippen molar-refractivity contribution in [2.24, 2.45) is 5.41 Å². The Morgan fingerprint density at radius 3 is 3.06 bits per heavy atom. The lowest BCUT2D eigenvalue weighted by atomic mass is 9.81. The summed E-state index contributed by atoms with van der Waals surface area (Å²) in [5, 5.41) is 6.31. The molecular formula is C13H24N2O2. The van der Waals surface area contributed by atoms with Gasteiger partial charge >= 0.3 is 0 Å². The number of carbonyl (C=O) groups excluding carboxylic acids is 1. The maximum Gasteiger partial charge on any atom is 0.227 e. The Bertz CT molecular complexity index is 248. The predicted octanol–water partition coefficient (Wildman–Crippen LogP) is 1.43. The molecule has 0 spiro atoms. The van der Waals surface area contributed by atoms with Crippen LogP contribution in [-0.4, -0.2) is 32.1 Å². The van der Waals surface area contributed by atoms with E-state index < -0.39 is 0 Å². The Morgan fingerprint density at radius 2 is 2.47 bits per heavy atom. The van der Waals surface area contributed by atoms with Gasteiger partial charge in [0.2, 0.25) is 5.91 Å². The molecule has 0 bridgehead atoms. The van der Waals surface area contributed by atoms with Gasteiger partial charge in [0.25, 0.3) is 0 Å². The third kappa shape index (κ3) is 4.04. The van der Waals surface area contributed by atoms with Gasteiger partial charge in [-0.05, 0) is 25.8 Å². The van der Waals surface area contributed by atoms with Gasteiger partial charge in [-0.15, -0.1) is 0 Å². The molecule has 0 saturated carbocycles. The van der Waals surface area contributed by atoms with Crippen LogP contribution in [-0.2, 0) is 9.53 Å². The minimum atomic E-state index is -0.173. The first-order valence-corrected chi connectivity index (χ1v) is 6.47. The zero-order valence-electron chi connectivity index (χ0n) is 10.8. The molecule has 0 aromatic heterocycles. The Labute approximate surface area is 104 Å². The van der Waals surface area contributed by atoms with Crippen molar-refractivity contribution in [2.75, 3.05) is 26.2 Å². The number of nitrogens with one attached hydrogen (secondary N) is 2. The molecular weight excluding hydrogens is 216 g/mol. The minimum Gasteiger partial charge on any atom is -0.502 e. The van der Waals surface area contributed by atoms with Crippen LogP contribution in [0.2, 0.25) is 0 Å². The molecule has 0 aromatic rings. The second-order valence-corrected chi connectivity index (χ2v) is 4.60. The van der Waals surface area contributed by atoms with Crippen LogP contribution in [0.15, 0.2) is 12.8 Å². The van der Waals surface area contributed by atoms with E-state index in [4.69, 9.17) is 4.74 Å². The first-order valence-electron chi connectivity index (χ1n) is 6.47. The fourth-order valence-corrected chi connectivity index (χ4v) is 2.37. The zero-order valence-corrected chi connectivity index (χ0v) is 10.8. The minimum absolute atomic E-state index is 0.173. The molecule has 2 N–H and O–H groups in total. The van der Waals surface area contributed by atoms with E-state index in [0.29, 0.717) is 13.2 Å². The van der Waals surface area contributed by atoms with Crippen molar-refractivity contribution in [1.82, 2.24) is 10.6 Å². The molecule has 1 unspecified atom stereocenters. The summed E-state index contributed by atoms with van der Waals surface area (Å²) in [5.74, 6) is 0.197. The molecule has 0 aromatic carbocycles. The van der Waals surface area contributed by atoms with Crippen molar-refractivity contribution in [1.29, 1.82) is 0 Å². The SMILES string of the molecule is C=COCCCNC(=O)C1(CCC)CCNC1. The molecule has 4 heteroatoms. The van der Waals surface area contributed by atoms with Gasteiger partial charge in [0, 0.05) is 13.1 Å². The Kier molecular flexibility index (Phi) is 6.05. The average Bonchev–Trinajstić information content (AvgIpc) is 2.79. The standard InChI is InChI=1S/C13H24N2O2/c1-3-6-13(7-9-14-11-13)12(16)15-8-5-10-17-4-2/h4,14H,2-3,5-11H2,1H3,(H,15,16). The first kappa shape index (κ1) is 14.0. The van der Waals surface area contributed by atoms with Gasteiger partial charge in [-0.3, -0.25) is 4.79 Å². The molecule has 1 aliphatic heterocycles. The van der Waals surface area contributed by atoms with Crippen molar-refractivity contribution in [2.45, 2.75) is 32.6 Å². The second kappa shape index (κ2) is 7.33. The fourth-order valence-electron chi connectivity index (χ4n) is 2.37. The van der Waals surface area contributed by atoms with E-state index in [2.05, 4.69) is 24.1 Å². The van der Waals surface area contributed by atoms with E-state index in [9.17, 15) is 4.79 Å². The van der Waals surface area contributed by atoms with Crippen LogP contribution in [0.1, 0.15) is 32.6 Å². The van der Waals surface area contributed by atoms with Gasteiger partial charge in [0.1, 0.15) is 0 Å². The van der Waals surface area contributed by atoms with Crippen LogP contribution in [0.25, 0.3) is 0 Å². The highest BCUT2D eigenvalue weighted by Gasteiger charge is 2.39. The lowest BCUT2D eigenvalue weighted by Gasteiger charge is -2.26. The quantitative estimate of drug-likeness (QED) is 0.498. The summed E-state index contributed by atoms with van der Waals surface area (Å²) in [6, 6.07) is 0. The van der Waals surface area contributed by atoms with Crippen molar-refractivity contribution in [3.63, 3.8) is 0 Å². The first-order chi connectivity index (χ1) is 8.25. The maximum atomic E-state index is 12.2. The van der Waals surface area contributed by atoms with Crippen molar-refractivity contribution in [3.05, 3.63) is 12.8 Å². The number of rotatable bonds is 8. The van der Waals surface area contributed by atoms with Crippen LogP contribution in [0.3, 0.4) is 0 Å². The summed E-state index contributed by atoms with van der Waals surface area (Å²) < 4.78 is 5.01. The number of carbonyl (C=O) groups is 1. The molecule has 0 aliphatic carbocycles. The van der Waals surface area contributed by atoms with E-state index >= 15 is 0 Å². The van der Waals surface area contributed by atoms with E-state index in [1.807, 2.05) is 0 Å². The van der Waals surface area contributed by atoms with E-state index in [-0.39, 0.29) is 11.3 Å². The Balaban J connectivity index is 2.30. The highest BCUT2D eigenvalue weighted by atomic mass is 16.5. The number of hydrogen-bond acceptors (Lipinski definition) is 3. The second-order valence-electron chi connectivity index (χ2n) is 4.60. The molecule has 1 atom stereocenters. The van der Waals surface area contributed by atoms with Gasteiger partial charge in [0.05, 0.1) is 18.3 Å². The summed E-state index contributed by atoms with van der Waals surface area (Å²) in [5.41, 5.74) is -0.173. The highest BCUT2D eigenvalue weighted by molar-refractivity contribution is 5.83. The van der Waals surface area contributed by atoms with Crippen molar-refractivity contribution in [3.8, 4) is 0 Å². The monoisotopic (exact) mass is 240 g/mol. The maximum absolute atomic E-state index is 12.2. The Morgan fingerprint density at radius 1 is 1.65 bits per heavy atom. The lowest BCUT2D eigenvalue weighted by Crippen LogP contribution is -2.43. The molecule has 0 radical (unpaired) electrons. The van der Waals surface area contributed by atoms with Crippen LogP contribution < -0.4 is 10.6 Å². The zero-order chi connectivity index (χ0) is 12.6. The van der Waals surface area contributed by atoms with Crippen LogP contribution in [0.5, 0.6) is 0 Å². The molecule has 17 heavy (non-hydrogen) atoms. The molecule has 1 fully saturated rings. The largest absolute Gasteiger partial charge is 0.502 e. The lowest BCUT2D eigenvalue weighted by molar-refractivity contribution is -0.130. The fraction of sp³-hybridized carbons (Fsp3) is 0.769. The summed E-state index contributed by atoms with van der Waals surface area (Å²) in [6.07, 6.45) is 5.23. The van der Waals surface area contributed by atoms with Gasteiger partial charge in [-0.25, -0.2) is 0 Å². The molecule has 1 rings (SSSR count). The topological polar surface area (TPSA) is 50.4 Å². The molecule has 1 heterocycles. The summed E-state index contributed by atoms with van der Waals surface area (Å²) in [7, 11) is 0. The van der Waals surface area contributed by atoms with E-state index in [0.717, 1.165) is 38.8 Å². The van der Waals surface area contributed by atoms with Crippen LogP contribution in [0, 0.1) is 5.41 Å². The van der Waals surface area contributed by atoms with Gasteiger partial charge < -0.3 is 15.4 Å². The summed E-state index contributed by atoms with van der Waals surface area (Å²) >= 11 is 0. The molecule has 1 aliphatic rings. The number of hydrogen-bond donors (Lipinski definition) is 2. The van der Waals surface area contributed by atoms with Gasteiger partial charge in [0.15, 0.2) is 0 Å². The Hall–Kier alpha value is -1.03. The van der Waals surface area contributed by atoms with Gasteiger partial charge in [-0.1, -0.05) is 19.9 Å². The number of ether oxygens (including phenoxy) is 1. The molecule has 98 valence electrons. The van der Waals surface area contributed by atoms with Crippen molar-refractivity contribution >= 4 is 5.91 Å².